The zero-order valence-corrected chi connectivity index (χ0v) is 9.24. The van der Waals surface area contributed by atoms with E-state index in [0.29, 0.717) is 21.3 Å². The van der Waals surface area contributed by atoms with Crippen molar-refractivity contribution in [1.29, 1.82) is 0 Å². The maximum atomic E-state index is 10.7. The van der Waals surface area contributed by atoms with Crippen molar-refractivity contribution in [1.82, 2.24) is 5.06 Å². The summed E-state index contributed by atoms with van der Waals surface area (Å²) in [6.45, 7) is 0. The molecule has 1 aliphatic heterocycles. The molecule has 1 aromatic rings. The predicted octanol–water partition coefficient (Wildman–Crippen LogP) is 2.21. The third kappa shape index (κ3) is 2.43. The van der Waals surface area contributed by atoms with Gasteiger partial charge in [-0.25, -0.2) is 9.86 Å². The minimum Gasteiger partial charge on any atom is -0.478 e. The Labute approximate surface area is 101 Å². The average Bonchev–Trinajstić information content (AvgIpc) is 2.29. The summed E-state index contributed by atoms with van der Waals surface area (Å²) in [5, 5.41) is 26.4. The van der Waals surface area contributed by atoms with Crippen LogP contribution in [-0.2, 0) is 4.79 Å². The van der Waals surface area contributed by atoms with Crippen LogP contribution in [-0.4, -0.2) is 27.5 Å². The maximum absolute atomic E-state index is 10.7. The maximum Gasteiger partial charge on any atom is 0.353 e. The molecule has 0 fully saturated rings. The number of carbonyl (C=O) groups is 1. The van der Waals surface area contributed by atoms with E-state index in [1.54, 1.807) is 24.3 Å². The third-order valence-electron chi connectivity index (χ3n) is 2.14. The number of aliphatic carboxylic acids is 1. The highest BCUT2D eigenvalue weighted by molar-refractivity contribution is 6.30. The van der Waals surface area contributed by atoms with E-state index >= 15 is 0 Å². The number of hydrogen-bond acceptors (Lipinski definition) is 5. The zero-order valence-electron chi connectivity index (χ0n) is 8.49. The monoisotopic (exact) mass is 253 g/mol. The van der Waals surface area contributed by atoms with Gasteiger partial charge in [-0.3, -0.25) is 5.21 Å². The minimum atomic E-state index is -1.40. The second kappa shape index (κ2) is 4.52. The fourth-order valence-electron chi connectivity index (χ4n) is 1.31. The van der Waals surface area contributed by atoms with E-state index in [9.17, 15) is 10.0 Å². The predicted molar refractivity (Wildman–Crippen MR) is 59.3 cm³/mol. The van der Waals surface area contributed by atoms with E-state index in [1.165, 1.54) is 6.20 Å². The standard InChI is InChI=1S/C10H8ClN3O3/c11-7-3-1-6(2-4-7)8-5-14(17)9(10(15)16)13-12-8/h1-5,9,17H,(H,15,16). The number of rotatable bonds is 2. The smallest absolute Gasteiger partial charge is 0.353 e. The molecule has 0 aromatic heterocycles. The SMILES string of the molecule is O=C(O)C1N=NC(c2ccc(Cl)cc2)=CN1O. The minimum absolute atomic E-state index is 0.363. The van der Waals surface area contributed by atoms with Gasteiger partial charge in [-0.05, 0) is 12.1 Å². The van der Waals surface area contributed by atoms with Gasteiger partial charge in [0.15, 0.2) is 0 Å². The van der Waals surface area contributed by atoms with Crippen molar-refractivity contribution in [3.8, 4) is 0 Å². The lowest BCUT2D eigenvalue weighted by Crippen LogP contribution is -2.35. The summed E-state index contributed by atoms with van der Waals surface area (Å²) in [4.78, 5) is 10.7. The van der Waals surface area contributed by atoms with E-state index in [1.807, 2.05) is 0 Å². The summed E-state index contributed by atoms with van der Waals surface area (Å²) in [5.41, 5.74) is 1.04. The Morgan fingerprint density at radius 1 is 1.35 bits per heavy atom. The van der Waals surface area contributed by atoms with Crippen molar-refractivity contribution in [2.24, 2.45) is 10.2 Å². The van der Waals surface area contributed by atoms with E-state index in [-0.39, 0.29) is 0 Å². The van der Waals surface area contributed by atoms with Gasteiger partial charge in [0.1, 0.15) is 5.70 Å². The molecule has 7 heteroatoms. The van der Waals surface area contributed by atoms with Crippen LogP contribution in [0.2, 0.25) is 5.02 Å². The fraction of sp³-hybridized carbons (Fsp3) is 0.100. The van der Waals surface area contributed by atoms with Gasteiger partial charge in [0.05, 0.1) is 6.20 Å². The van der Waals surface area contributed by atoms with Crippen LogP contribution in [0.1, 0.15) is 5.56 Å². The summed E-state index contributed by atoms with van der Waals surface area (Å²) in [7, 11) is 0. The number of carboxylic acids is 1. The number of nitrogens with zero attached hydrogens (tertiary/aromatic N) is 3. The van der Waals surface area contributed by atoms with Crippen LogP contribution in [0.15, 0.2) is 40.7 Å². The van der Waals surface area contributed by atoms with Gasteiger partial charge in [0.25, 0.3) is 6.17 Å². The third-order valence-corrected chi connectivity index (χ3v) is 2.39. The Morgan fingerprint density at radius 2 is 2.00 bits per heavy atom. The molecule has 2 rings (SSSR count). The molecule has 0 spiro atoms. The van der Waals surface area contributed by atoms with Gasteiger partial charge >= 0.3 is 5.97 Å². The lowest BCUT2D eigenvalue weighted by Gasteiger charge is -2.20. The molecule has 0 saturated carbocycles. The second-order valence-corrected chi connectivity index (χ2v) is 3.77. The number of hydrogen-bond donors (Lipinski definition) is 2. The molecule has 1 heterocycles. The highest BCUT2D eigenvalue weighted by Gasteiger charge is 2.25. The zero-order chi connectivity index (χ0) is 12.4. The van der Waals surface area contributed by atoms with E-state index < -0.39 is 12.1 Å². The molecule has 0 aliphatic carbocycles. The van der Waals surface area contributed by atoms with Gasteiger partial charge in [-0.1, -0.05) is 23.7 Å². The molecular formula is C10H8ClN3O3. The van der Waals surface area contributed by atoms with Crippen molar-refractivity contribution < 1.29 is 15.1 Å². The molecule has 0 bridgehead atoms. The van der Waals surface area contributed by atoms with Gasteiger partial charge in [0.2, 0.25) is 0 Å². The van der Waals surface area contributed by atoms with Crippen molar-refractivity contribution in [3.63, 3.8) is 0 Å². The van der Waals surface area contributed by atoms with Crippen LogP contribution in [0.4, 0.5) is 0 Å². The lowest BCUT2D eigenvalue weighted by atomic mass is 10.2. The Hall–Kier alpha value is -1.92. The molecule has 88 valence electrons. The Kier molecular flexibility index (Phi) is 3.08. The second-order valence-electron chi connectivity index (χ2n) is 3.33. The molecule has 0 radical (unpaired) electrons. The van der Waals surface area contributed by atoms with Crippen LogP contribution in [0.5, 0.6) is 0 Å². The normalized spacial score (nSPS) is 19.1. The number of halogens is 1. The first kappa shape index (κ1) is 11.6. The first-order valence-corrected chi connectivity index (χ1v) is 5.04. The highest BCUT2D eigenvalue weighted by Crippen LogP contribution is 2.23. The number of azo groups is 1. The van der Waals surface area contributed by atoms with Gasteiger partial charge in [0, 0.05) is 10.6 Å². The summed E-state index contributed by atoms with van der Waals surface area (Å²) < 4.78 is 0. The summed E-state index contributed by atoms with van der Waals surface area (Å²) in [5.74, 6) is -1.28. The van der Waals surface area contributed by atoms with Crippen LogP contribution in [0.25, 0.3) is 5.70 Å². The highest BCUT2D eigenvalue weighted by atomic mass is 35.5. The molecule has 17 heavy (non-hydrogen) atoms. The molecule has 2 N–H and O–H groups in total. The molecule has 1 atom stereocenters. The Bertz CT molecular complexity index is 498. The summed E-state index contributed by atoms with van der Waals surface area (Å²) in [6.07, 6.45) is -0.194. The topological polar surface area (TPSA) is 85.5 Å². The first-order valence-electron chi connectivity index (χ1n) is 4.66. The quantitative estimate of drug-likeness (QED) is 0.846. The van der Waals surface area contributed by atoms with Gasteiger partial charge in [-0.15, -0.1) is 5.11 Å². The Balaban J connectivity index is 2.26. The Morgan fingerprint density at radius 3 is 2.53 bits per heavy atom. The lowest BCUT2D eigenvalue weighted by molar-refractivity contribution is -0.157. The summed E-state index contributed by atoms with van der Waals surface area (Å²) in [6, 6.07) is 6.72. The molecule has 1 aromatic carbocycles. The van der Waals surface area contributed by atoms with Gasteiger partial charge in [-0.2, -0.15) is 5.11 Å². The molecule has 1 unspecified atom stereocenters. The largest absolute Gasteiger partial charge is 0.478 e. The molecule has 0 saturated heterocycles. The van der Waals surface area contributed by atoms with E-state index in [0.717, 1.165) is 0 Å². The fourth-order valence-corrected chi connectivity index (χ4v) is 1.43. The number of carboxylic acid groups (broad SMARTS) is 1. The van der Waals surface area contributed by atoms with Crippen LogP contribution in [0.3, 0.4) is 0 Å². The average molecular weight is 254 g/mol. The van der Waals surface area contributed by atoms with Crippen molar-refractivity contribution >= 4 is 23.3 Å². The molecule has 0 amide bonds. The van der Waals surface area contributed by atoms with Crippen LogP contribution >= 0.6 is 11.6 Å². The van der Waals surface area contributed by atoms with Crippen molar-refractivity contribution in [2.45, 2.75) is 6.17 Å². The summed E-state index contributed by atoms with van der Waals surface area (Å²) >= 11 is 5.73. The van der Waals surface area contributed by atoms with E-state index in [2.05, 4.69) is 10.2 Å². The first-order chi connectivity index (χ1) is 8.08. The van der Waals surface area contributed by atoms with Crippen molar-refractivity contribution in [2.75, 3.05) is 0 Å². The van der Waals surface area contributed by atoms with Crippen LogP contribution in [0, 0.1) is 0 Å². The van der Waals surface area contributed by atoms with Crippen LogP contribution < -0.4 is 0 Å². The van der Waals surface area contributed by atoms with Gasteiger partial charge < -0.3 is 5.11 Å². The molecule has 1 aliphatic rings. The van der Waals surface area contributed by atoms with E-state index in [4.69, 9.17) is 16.7 Å². The molecule has 6 nitrogen and oxygen atoms in total. The van der Waals surface area contributed by atoms with Crippen molar-refractivity contribution in [3.05, 3.63) is 41.1 Å². The molecular weight excluding hydrogens is 246 g/mol. The number of hydroxylamine groups is 2. The number of benzene rings is 1.